The van der Waals surface area contributed by atoms with E-state index in [2.05, 4.69) is 0 Å². The molecule has 0 aromatic carbocycles. The summed E-state index contributed by atoms with van der Waals surface area (Å²) in [4.78, 5) is 30.3. The van der Waals surface area contributed by atoms with Gasteiger partial charge in [-0.3, -0.25) is 9.59 Å². The minimum absolute atomic E-state index is 0.0788. The maximum atomic E-state index is 14.3. The normalized spacial score (nSPS) is 47.4. The molecule has 3 aliphatic rings. The number of likely N-dealkylation sites (N-methyl/N-ethyl adjacent to an activating group) is 1. The highest BCUT2D eigenvalue weighted by molar-refractivity contribution is 5.83. The van der Waals surface area contributed by atoms with Gasteiger partial charge in [-0.2, -0.15) is 0 Å². The maximum Gasteiger partial charge on any atom is 0.311 e. The zero-order valence-electron chi connectivity index (χ0n) is 37.7. The second-order valence-corrected chi connectivity index (χ2v) is 18.9. The fourth-order valence-corrected chi connectivity index (χ4v) is 9.22. The number of aliphatic hydroxyl groups excluding tert-OH is 3. The van der Waals surface area contributed by atoms with E-state index in [-0.39, 0.29) is 25.0 Å². The number of ether oxygens (including phenoxy) is 8. The van der Waals surface area contributed by atoms with Crippen LogP contribution in [0.3, 0.4) is 0 Å². The van der Waals surface area contributed by atoms with E-state index < -0.39 is 126 Å². The van der Waals surface area contributed by atoms with Crippen LogP contribution in [0.5, 0.6) is 0 Å². The van der Waals surface area contributed by atoms with Gasteiger partial charge in [-0.15, -0.1) is 0 Å². The maximum absolute atomic E-state index is 14.3. The van der Waals surface area contributed by atoms with E-state index in [1.54, 1.807) is 48.5 Å². The molecule has 0 bridgehead atoms. The highest BCUT2D eigenvalue weighted by Crippen LogP contribution is 2.42. The van der Waals surface area contributed by atoms with E-state index in [0.717, 1.165) is 0 Å². The van der Waals surface area contributed by atoms with Crippen LogP contribution in [-0.2, 0) is 47.5 Å². The standard InChI is InChI=1S/C42H77NO14/c1-18-27-42(13,49)34(46)22(3)30(44)21(2)19-41(12,51-17)36(56-38-31(45)29(43(14)15)33(25(6)53-38)57-39(8,9)10)23(4)32(24(5)37(48)54-27)55-28-20-40(11,50-16)35(47)26(7)52-28/h21-29,31-36,38,45-47,49H,18-20H2,1-17H3/t21-,22+,23+,24-,25-,26+,27-,28+,29-,31-,32+,33-,34-,35+,36-,38+,40-,41-,42-/m1/s1. The van der Waals surface area contributed by atoms with E-state index in [9.17, 15) is 30.0 Å². The van der Waals surface area contributed by atoms with Crippen LogP contribution in [0.15, 0.2) is 0 Å². The number of carbonyl (C=O) groups is 2. The second kappa shape index (κ2) is 19.1. The van der Waals surface area contributed by atoms with Crippen molar-refractivity contribution in [2.24, 2.45) is 23.7 Å². The van der Waals surface area contributed by atoms with E-state index in [1.165, 1.54) is 21.1 Å². The van der Waals surface area contributed by atoms with Crippen molar-refractivity contribution < 1.29 is 67.9 Å². The molecule has 3 aliphatic heterocycles. The summed E-state index contributed by atoms with van der Waals surface area (Å²) in [6, 6.07) is -0.557. The van der Waals surface area contributed by atoms with Gasteiger partial charge in [0.15, 0.2) is 12.6 Å². The van der Waals surface area contributed by atoms with Crippen LogP contribution in [0.2, 0.25) is 0 Å². The van der Waals surface area contributed by atoms with Crippen molar-refractivity contribution in [1.29, 1.82) is 0 Å². The number of carbonyl (C=O) groups excluding carboxylic acids is 2. The van der Waals surface area contributed by atoms with Crippen molar-refractivity contribution in [3.63, 3.8) is 0 Å². The van der Waals surface area contributed by atoms with E-state index in [1.807, 2.05) is 53.6 Å². The quantitative estimate of drug-likeness (QED) is 0.248. The Hall–Kier alpha value is -1.34. The highest BCUT2D eigenvalue weighted by Gasteiger charge is 2.55. The van der Waals surface area contributed by atoms with Gasteiger partial charge in [0.2, 0.25) is 0 Å². The van der Waals surface area contributed by atoms with Gasteiger partial charge in [-0.05, 0) is 89.3 Å². The monoisotopic (exact) mass is 820 g/mol. The number of cyclic esters (lactones) is 1. The number of hydrogen-bond donors (Lipinski definition) is 4. The van der Waals surface area contributed by atoms with Gasteiger partial charge in [0.1, 0.15) is 35.8 Å². The number of hydrogen-bond acceptors (Lipinski definition) is 15. The summed E-state index contributed by atoms with van der Waals surface area (Å²) < 4.78 is 50.9. The number of rotatable bonds is 9. The smallest absolute Gasteiger partial charge is 0.311 e. The first-order valence-corrected chi connectivity index (χ1v) is 20.7. The molecule has 15 heteroatoms. The summed E-state index contributed by atoms with van der Waals surface area (Å²) in [5.74, 6) is -4.64. The van der Waals surface area contributed by atoms with E-state index in [0.29, 0.717) is 0 Å². The van der Waals surface area contributed by atoms with Crippen LogP contribution in [0.1, 0.15) is 109 Å². The molecule has 0 radical (unpaired) electrons. The Morgan fingerprint density at radius 1 is 0.807 bits per heavy atom. The van der Waals surface area contributed by atoms with Crippen molar-refractivity contribution in [3.05, 3.63) is 0 Å². The topological polar surface area (TPSA) is 192 Å². The van der Waals surface area contributed by atoms with Crippen molar-refractivity contribution in [3.8, 4) is 0 Å². The molecule has 3 heterocycles. The van der Waals surface area contributed by atoms with Gasteiger partial charge in [-0.25, -0.2) is 0 Å². The molecule has 3 rings (SSSR count). The van der Waals surface area contributed by atoms with E-state index in [4.69, 9.17) is 37.9 Å². The first kappa shape index (κ1) is 50.0. The number of nitrogens with zero attached hydrogens (tertiary/aromatic N) is 1. The molecule has 0 aromatic heterocycles. The Balaban J connectivity index is 2.25. The zero-order chi connectivity index (χ0) is 43.7. The second-order valence-electron chi connectivity index (χ2n) is 18.9. The SMILES string of the molecule is CC[C@H]1OC(=O)[C@H](C)[C@@H](O[C@H]2C[C@@](C)(OC)[C@@H](O)[C@H](C)O2)[C@H](C)[C@@H](O[C@@H]2O[C@H](C)[C@@H](OC(C)(C)C)[C@H](N(C)C)[C@H]2O)[C@](C)(OC)C[C@@H](C)C(=O)[C@H](C)[C@@H](O)[C@]1(C)O. The number of methoxy groups -OCH3 is 2. The summed E-state index contributed by atoms with van der Waals surface area (Å²) in [6.07, 6.45) is -10.7. The highest BCUT2D eigenvalue weighted by atomic mass is 16.7. The molecule has 3 saturated heterocycles. The molecule has 15 nitrogen and oxygen atoms in total. The molecule has 19 atom stereocenters. The molecule has 0 aliphatic carbocycles. The van der Waals surface area contributed by atoms with Crippen LogP contribution >= 0.6 is 0 Å². The van der Waals surface area contributed by atoms with Gasteiger partial charge in [-0.1, -0.05) is 27.7 Å². The molecular formula is C42H77NO14. The summed E-state index contributed by atoms with van der Waals surface area (Å²) in [6.45, 7) is 22.8. The molecule has 334 valence electrons. The van der Waals surface area contributed by atoms with Crippen LogP contribution in [0.4, 0.5) is 0 Å². The minimum Gasteiger partial charge on any atom is -0.459 e. The number of aliphatic hydroxyl groups is 4. The van der Waals surface area contributed by atoms with Gasteiger partial charge < -0.3 is 63.2 Å². The van der Waals surface area contributed by atoms with Crippen LogP contribution in [0, 0.1) is 23.7 Å². The first-order valence-electron chi connectivity index (χ1n) is 20.7. The number of Topliss-reactive ketones (excluding diaryl/α,β-unsaturated/α-hetero) is 1. The third-order valence-electron chi connectivity index (χ3n) is 12.9. The fraction of sp³-hybridized carbons (Fsp3) is 0.952. The van der Waals surface area contributed by atoms with Gasteiger partial charge >= 0.3 is 5.97 Å². The molecular weight excluding hydrogens is 742 g/mol. The Morgan fingerprint density at radius 2 is 1.39 bits per heavy atom. The summed E-state index contributed by atoms with van der Waals surface area (Å²) in [5, 5.41) is 46.3. The molecule has 0 unspecified atom stereocenters. The van der Waals surface area contributed by atoms with Gasteiger partial charge in [0.05, 0.1) is 59.3 Å². The third-order valence-corrected chi connectivity index (χ3v) is 12.9. The molecule has 57 heavy (non-hydrogen) atoms. The predicted molar refractivity (Wildman–Crippen MR) is 211 cm³/mol. The van der Waals surface area contributed by atoms with Crippen LogP contribution in [-0.4, -0.2) is 161 Å². The molecule has 0 saturated carbocycles. The Kier molecular flexibility index (Phi) is 16.8. The molecule has 4 N–H and O–H groups in total. The predicted octanol–water partition coefficient (Wildman–Crippen LogP) is 3.23. The number of esters is 1. The van der Waals surface area contributed by atoms with Crippen molar-refractivity contribution in [1.82, 2.24) is 4.90 Å². The molecule has 0 aromatic rings. The minimum atomic E-state index is -1.98. The lowest BCUT2D eigenvalue weighted by Gasteiger charge is -2.51. The molecule has 3 fully saturated rings. The van der Waals surface area contributed by atoms with Crippen molar-refractivity contribution in [2.75, 3.05) is 28.3 Å². The largest absolute Gasteiger partial charge is 0.459 e. The van der Waals surface area contributed by atoms with Gasteiger partial charge in [0.25, 0.3) is 0 Å². The summed E-state index contributed by atoms with van der Waals surface area (Å²) >= 11 is 0. The lowest BCUT2D eigenvalue weighted by atomic mass is 9.74. The van der Waals surface area contributed by atoms with Crippen molar-refractivity contribution in [2.45, 2.75) is 205 Å². The third kappa shape index (κ3) is 10.9. The average Bonchev–Trinajstić information content (AvgIpc) is 3.12. The van der Waals surface area contributed by atoms with Crippen molar-refractivity contribution >= 4 is 11.8 Å². The Labute approximate surface area is 341 Å². The summed E-state index contributed by atoms with van der Waals surface area (Å²) in [5.41, 5.74) is -4.88. The molecule has 0 spiro atoms. The van der Waals surface area contributed by atoms with Crippen LogP contribution in [0.25, 0.3) is 0 Å². The number of ketones is 1. The average molecular weight is 820 g/mol. The molecule has 0 amide bonds. The zero-order valence-corrected chi connectivity index (χ0v) is 37.7. The van der Waals surface area contributed by atoms with Gasteiger partial charge in [0, 0.05) is 38.4 Å². The first-order chi connectivity index (χ1) is 26.1. The fourth-order valence-electron chi connectivity index (χ4n) is 9.22. The lowest BCUT2D eigenvalue weighted by molar-refractivity contribution is -0.335. The Morgan fingerprint density at radius 3 is 1.89 bits per heavy atom. The lowest BCUT2D eigenvalue weighted by Crippen LogP contribution is -2.66. The van der Waals surface area contributed by atoms with E-state index >= 15 is 0 Å². The Bertz CT molecular complexity index is 1330. The summed E-state index contributed by atoms with van der Waals surface area (Å²) in [7, 11) is 6.70. The van der Waals surface area contributed by atoms with Crippen LogP contribution < -0.4 is 0 Å².